The highest BCUT2D eigenvalue weighted by atomic mass is 32.1. The van der Waals surface area contributed by atoms with Crippen molar-refractivity contribution in [3.05, 3.63) is 40.0 Å². The monoisotopic (exact) mass is 346 g/mol. The average molecular weight is 346 g/mol. The Labute approximate surface area is 145 Å². The predicted octanol–water partition coefficient (Wildman–Crippen LogP) is 1.87. The van der Waals surface area contributed by atoms with Gasteiger partial charge in [0.05, 0.1) is 11.4 Å². The highest BCUT2D eigenvalue weighted by Crippen LogP contribution is 2.27. The molecule has 3 heterocycles. The molecule has 7 heteroatoms. The average Bonchev–Trinajstić information content (AvgIpc) is 3.13. The maximum absolute atomic E-state index is 12.5. The minimum atomic E-state index is -0.921. The Morgan fingerprint density at radius 2 is 2.21 bits per heavy atom. The van der Waals surface area contributed by atoms with Gasteiger partial charge in [0, 0.05) is 36.8 Å². The summed E-state index contributed by atoms with van der Waals surface area (Å²) in [6.07, 6.45) is 2.15. The molecule has 0 aromatic carbocycles. The van der Waals surface area contributed by atoms with Gasteiger partial charge in [-0.3, -0.25) is 4.79 Å². The van der Waals surface area contributed by atoms with E-state index in [4.69, 9.17) is 0 Å². The first-order valence-electron chi connectivity index (χ1n) is 7.94. The quantitative estimate of drug-likeness (QED) is 0.915. The predicted molar refractivity (Wildman–Crippen MR) is 94.6 cm³/mol. The van der Waals surface area contributed by atoms with E-state index >= 15 is 0 Å². The first kappa shape index (κ1) is 16.9. The van der Waals surface area contributed by atoms with E-state index in [2.05, 4.69) is 9.97 Å². The number of carbonyl (C=O) groups excluding carboxylic acids is 1. The van der Waals surface area contributed by atoms with E-state index in [1.165, 1.54) is 17.7 Å². The summed E-state index contributed by atoms with van der Waals surface area (Å²) in [5, 5.41) is 10.9. The highest BCUT2D eigenvalue weighted by molar-refractivity contribution is 7.13. The number of aryl methyl sites for hydroxylation is 2. The smallest absolute Gasteiger partial charge is 0.263 e. The number of aliphatic hydroxyl groups is 1. The Morgan fingerprint density at radius 1 is 1.42 bits per heavy atom. The number of β-amino-alcohol motifs (C(OH)–C–C–N with tert-alkyl or cyclic N) is 1. The molecule has 24 heavy (non-hydrogen) atoms. The van der Waals surface area contributed by atoms with Gasteiger partial charge in [0.15, 0.2) is 0 Å². The van der Waals surface area contributed by atoms with Crippen molar-refractivity contribution < 1.29 is 9.90 Å². The lowest BCUT2D eigenvalue weighted by Crippen LogP contribution is -2.45. The topological polar surface area (TPSA) is 69.6 Å². The van der Waals surface area contributed by atoms with Gasteiger partial charge < -0.3 is 14.9 Å². The van der Waals surface area contributed by atoms with Crippen molar-refractivity contribution in [2.45, 2.75) is 25.9 Å². The van der Waals surface area contributed by atoms with E-state index < -0.39 is 5.60 Å². The van der Waals surface area contributed by atoms with Crippen LogP contribution in [-0.4, -0.2) is 58.2 Å². The molecule has 1 saturated heterocycles. The van der Waals surface area contributed by atoms with Gasteiger partial charge in [-0.25, -0.2) is 9.97 Å². The zero-order valence-corrected chi connectivity index (χ0v) is 15.0. The summed E-state index contributed by atoms with van der Waals surface area (Å²) in [6.45, 7) is 5.39. The summed E-state index contributed by atoms with van der Waals surface area (Å²) < 4.78 is 0. The zero-order chi connectivity index (χ0) is 17.3. The molecule has 128 valence electrons. The van der Waals surface area contributed by atoms with E-state index in [0.29, 0.717) is 30.9 Å². The Bertz CT molecular complexity index is 748. The molecule has 0 spiro atoms. The number of amides is 1. The number of aromatic nitrogens is 2. The summed E-state index contributed by atoms with van der Waals surface area (Å²) in [7, 11) is 1.74. The van der Waals surface area contributed by atoms with Crippen molar-refractivity contribution in [1.82, 2.24) is 14.9 Å². The highest BCUT2D eigenvalue weighted by Gasteiger charge is 2.38. The maximum atomic E-state index is 12.5. The van der Waals surface area contributed by atoms with Gasteiger partial charge in [0.2, 0.25) is 0 Å². The molecule has 1 atom stereocenters. The Balaban J connectivity index is 1.65. The molecule has 2 aromatic heterocycles. The standard InChI is InChI=1S/C17H22N4O2S/c1-12-8-15(19-11-18-12)21-7-6-17(23,10-21)9-20(3)16(22)14-5-4-13(2)24-14/h4-5,8,11,23H,6-7,9-10H2,1-3H3/t17-/m1/s1. The maximum Gasteiger partial charge on any atom is 0.263 e. The normalized spacial score (nSPS) is 20.4. The number of likely N-dealkylation sites (N-methyl/N-ethyl adjacent to an activating group) is 1. The number of nitrogens with zero attached hydrogens (tertiary/aromatic N) is 4. The molecule has 2 aromatic rings. The van der Waals surface area contributed by atoms with Gasteiger partial charge in [0.25, 0.3) is 5.91 Å². The van der Waals surface area contributed by atoms with Gasteiger partial charge in [-0.15, -0.1) is 11.3 Å². The molecule has 3 rings (SSSR count). The van der Waals surface area contributed by atoms with Crippen molar-refractivity contribution in [2.75, 3.05) is 31.6 Å². The van der Waals surface area contributed by atoms with Crippen molar-refractivity contribution in [1.29, 1.82) is 0 Å². The minimum Gasteiger partial charge on any atom is -0.386 e. The molecule has 1 aliphatic heterocycles. The van der Waals surface area contributed by atoms with Gasteiger partial charge in [-0.2, -0.15) is 0 Å². The third-order valence-corrected chi connectivity index (χ3v) is 5.26. The van der Waals surface area contributed by atoms with Crippen LogP contribution in [0.4, 0.5) is 5.82 Å². The van der Waals surface area contributed by atoms with E-state index in [1.807, 2.05) is 36.9 Å². The molecule has 0 saturated carbocycles. The fraction of sp³-hybridized carbons (Fsp3) is 0.471. The van der Waals surface area contributed by atoms with Crippen LogP contribution in [0, 0.1) is 13.8 Å². The SMILES string of the molecule is Cc1cc(N2CC[C@@](O)(CN(C)C(=O)c3ccc(C)s3)C2)ncn1. The Kier molecular flexibility index (Phi) is 4.56. The summed E-state index contributed by atoms with van der Waals surface area (Å²) in [5.74, 6) is 0.777. The lowest BCUT2D eigenvalue weighted by Gasteiger charge is -2.29. The molecular weight excluding hydrogens is 324 g/mol. The largest absolute Gasteiger partial charge is 0.386 e. The first-order chi connectivity index (χ1) is 11.4. The molecule has 1 N–H and O–H groups in total. The van der Waals surface area contributed by atoms with Crippen LogP contribution in [0.5, 0.6) is 0 Å². The summed E-state index contributed by atoms with van der Waals surface area (Å²) in [5.41, 5.74) is -0.0222. The Hall–Kier alpha value is -1.99. The van der Waals surface area contributed by atoms with E-state index in [0.717, 1.165) is 16.4 Å². The van der Waals surface area contributed by atoms with E-state index in [-0.39, 0.29) is 5.91 Å². The van der Waals surface area contributed by atoms with Crippen molar-refractivity contribution in [3.63, 3.8) is 0 Å². The summed E-state index contributed by atoms with van der Waals surface area (Å²) in [6, 6.07) is 5.69. The van der Waals surface area contributed by atoms with Crippen LogP contribution in [0.25, 0.3) is 0 Å². The molecule has 1 aliphatic rings. The van der Waals surface area contributed by atoms with Crippen LogP contribution in [-0.2, 0) is 0 Å². The lowest BCUT2D eigenvalue weighted by molar-refractivity contribution is 0.0266. The number of hydrogen-bond acceptors (Lipinski definition) is 6. The second-order valence-electron chi connectivity index (χ2n) is 6.48. The van der Waals surface area contributed by atoms with E-state index in [1.54, 1.807) is 11.9 Å². The van der Waals surface area contributed by atoms with Crippen molar-refractivity contribution in [3.8, 4) is 0 Å². The number of thiophene rings is 1. The zero-order valence-electron chi connectivity index (χ0n) is 14.2. The molecule has 0 unspecified atom stereocenters. The fourth-order valence-electron chi connectivity index (χ4n) is 3.05. The minimum absolute atomic E-state index is 0.0437. The third-order valence-electron chi connectivity index (χ3n) is 4.27. The first-order valence-corrected chi connectivity index (χ1v) is 8.76. The molecule has 1 amide bonds. The van der Waals surface area contributed by atoms with Crippen LogP contribution in [0.1, 0.15) is 26.7 Å². The van der Waals surface area contributed by atoms with Crippen molar-refractivity contribution in [2.24, 2.45) is 0 Å². The Morgan fingerprint density at radius 3 is 2.88 bits per heavy atom. The molecule has 0 aliphatic carbocycles. The second-order valence-corrected chi connectivity index (χ2v) is 7.77. The van der Waals surface area contributed by atoms with Crippen LogP contribution < -0.4 is 4.90 Å². The molecule has 1 fully saturated rings. The summed E-state index contributed by atoms with van der Waals surface area (Å²) >= 11 is 1.48. The summed E-state index contributed by atoms with van der Waals surface area (Å²) in [4.78, 5) is 26.3. The third kappa shape index (κ3) is 3.57. The molecular formula is C17H22N4O2S. The van der Waals surface area contributed by atoms with Gasteiger partial charge in [-0.05, 0) is 32.4 Å². The number of hydrogen-bond donors (Lipinski definition) is 1. The number of anilines is 1. The fourth-order valence-corrected chi connectivity index (χ4v) is 3.91. The van der Waals surface area contributed by atoms with Crippen LogP contribution in [0.3, 0.4) is 0 Å². The van der Waals surface area contributed by atoms with E-state index in [9.17, 15) is 9.90 Å². The second kappa shape index (κ2) is 6.49. The van der Waals surface area contributed by atoms with Gasteiger partial charge in [0.1, 0.15) is 17.7 Å². The number of carbonyl (C=O) groups is 1. The van der Waals surface area contributed by atoms with Crippen LogP contribution >= 0.6 is 11.3 Å². The van der Waals surface area contributed by atoms with Crippen LogP contribution in [0.15, 0.2) is 24.5 Å². The molecule has 0 bridgehead atoms. The lowest BCUT2D eigenvalue weighted by atomic mass is 10.0. The molecule has 0 radical (unpaired) electrons. The van der Waals surface area contributed by atoms with Crippen molar-refractivity contribution >= 4 is 23.1 Å². The van der Waals surface area contributed by atoms with Crippen LogP contribution in [0.2, 0.25) is 0 Å². The molecule has 6 nitrogen and oxygen atoms in total. The number of rotatable bonds is 4. The van der Waals surface area contributed by atoms with Gasteiger partial charge in [-0.1, -0.05) is 0 Å². The van der Waals surface area contributed by atoms with Gasteiger partial charge >= 0.3 is 0 Å².